The van der Waals surface area contributed by atoms with E-state index < -0.39 is 33.7 Å². The molecular weight excluding hydrogens is 433 g/mol. The minimum absolute atomic E-state index is 0.0371. The second-order valence-electron chi connectivity index (χ2n) is 7.14. The third-order valence-corrected chi connectivity index (χ3v) is 5.67. The van der Waals surface area contributed by atoms with Crippen LogP contribution in [-0.2, 0) is 24.9 Å². The van der Waals surface area contributed by atoms with Crippen molar-refractivity contribution in [1.82, 2.24) is 15.0 Å². The zero-order valence-corrected chi connectivity index (χ0v) is 17.6. The van der Waals surface area contributed by atoms with Crippen LogP contribution in [0.3, 0.4) is 0 Å². The summed E-state index contributed by atoms with van der Waals surface area (Å²) in [7, 11) is 0. The molecule has 2 aliphatic heterocycles. The Bertz CT molecular complexity index is 917. The van der Waals surface area contributed by atoms with E-state index in [-0.39, 0.29) is 62.3 Å². The van der Waals surface area contributed by atoms with Gasteiger partial charge in [0, 0.05) is 19.1 Å². The lowest BCUT2D eigenvalue weighted by Gasteiger charge is -2.46. The maximum Gasteiger partial charge on any atom is 0.414 e. The minimum atomic E-state index is -1.80. The summed E-state index contributed by atoms with van der Waals surface area (Å²) in [6, 6.07) is 5.66. The molecule has 0 aliphatic carbocycles. The van der Waals surface area contributed by atoms with Crippen LogP contribution in [0, 0.1) is 22.4 Å². The van der Waals surface area contributed by atoms with Gasteiger partial charge in [0.2, 0.25) is 5.91 Å². The van der Waals surface area contributed by atoms with E-state index in [1.54, 1.807) is 6.07 Å². The fourth-order valence-corrected chi connectivity index (χ4v) is 3.91. The third-order valence-electron chi connectivity index (χ3n) is 4.93. The molecule has 0 bridgehead atoms. The molecule has 2 amide bonds. The standard InChI is InChI=1S/C18H22FN5O6S/c1-13(25)21-11-15-12-23(18(26)29-15)14-2-3-17(16(19)10-14)24(27)7-5-22(6-8-24)30-31(28)9-4-20/h2-3,10,15H,5-9,11-12H2,1H3,(H,21,25)/t15-,31?/m0/s1. The number of rotatable bonds is 7. The van der Waals surface area contributed by atoms with Crippen molar-refractivity contribution < 1.29 is 27.2 Å². The Labute approximate surface area is 180 Å². The van der Waals surface area contributed by atoms with Gasteiger partial charge >= 0.3 is 6.09 Å². The first kappa shape index (κ1) is 23.0. The monoisotopic (exact) mass is 455 g/mol. The molecule has 0 radical (unpaired) electrons. The van der Waals surface area contributed by atoms with Crippen LogP contribution in [0.4, 0.5) is 20.6 Å². The van der Waals surface area contributed by atoms with Crippen molar-refractivity contribution in [2.45, 2.75) is 13.0 Å². The second kappa shape index (κ2) is 9.67. The van der Waals surface area contributed by atoms with E-state index in [9.17, 15) is 23.4 Å². The molecule has 2 atom stereocenters. The number of carbonyl (C=O) groups is 2. The number of nitrogens with zero attached hydrogens (tertiary/aromatic N) is 4. The lowest BCUT2D eigenvalue weighted by Crippen LogP contribution is -2.57. The Kier molecular flexibility index (Phi) is 7.19. The van der Waals surface area contributed by atoms with Gasteiger partial charge in [0.1, 0.15) is 11.9 Å². The van der Waals surface area contributed by atoms with Gasteiger partial charge in [-0.15, -0.1) is 0 Å². The second-order valence-corrected chi connectivity index (χ2v) is 8.18. The van der Waals surface area contributed by atoms with E-state index in [0.29, 0.717) is 0 Å². The minimum Gasteiger partial charge on any atom is -0.627 e. The molecule has 1 unspecified atom stereocenters. The molecule has 1 aromatic carbocycles. The topological polar surface area (TPSA) is 135 Å². The molecular formula is C18H22FN5O6S. The predicted octanol–water partition coefficient (Wildman–Crippen LogP) is 0.527. The summed E-state index contributed by atoms with van der Waals surface area (Å²) in [5, 5.41) is 25.6. The van der Waals surface area contributed by atoms with Gasteiger partial charge in [-0.3, -0.25) is 9.69 Å². The molecule has 2 aliphatic rings. The predicted molar refractivity (Wildman–Crippen MR) is 109 cm³/mol. The summed E-state index contributed by atoms with van der Waals surface area (Å²) in [4.78, 5) is 24.4. The number of halogens is 1. The van der Waals surface area contributed by atoms with Crippen molar-refractivity contribution in [3.63, 3.8) is 0 Å². The number of piperazine rings is 1. The van der Waals surface area contributed by atoms with E-state index in [2.05, 4.69) is 5.32 Å². The molecule has 3 rings (SSSR count). The number of hydrogen-bond acceptors (Lipinski definition) is 8. The normalized spacial score (nSPS) is 21.9. The van der Waals surface area contributed by atoms with Crippen LogP contribution in [0.5, 0.6) is 0 Å². The summed E-state index contributed by atoms with van der Waals surface area (Å²) >= 11 is -1.80. The Morgan fingerprint density at radius 2 is 2.19 bits per heavy atom. The average molecular weight is 455 g/mol. The molecule has 2 fully saturated rings. The fourth-order valence-electron chi connectivity index (χ4n) is 3.37. The Balaban J connectivity index is 1.64. The number of nitrogens with one attached hydrogen (secondary N) is 1. The molecule has 0 spiro atoms. The quantitative estimate of drug-likeness (QED) is 0.465. The van der Waals surface area contributed by atoms with Crippen LogP contribution >= 0.6 is 0 Å². The Morgan fingerprint density at radius 1 is 1.48 bits per heavy atom. The molecule has 2 saturated heterocycles. The van der Waals surface area contributed by atoms with Crippen LogP contribution in [0.25, 0.3) is 0 Å². The van der Waals surface area contributed by atoms with E-state index in [1.165, 1.54) is 29.0 Å². The summed E-state index contributed by atoms with van der Waals surface area (Å²) in [6.07, 6.45) is -1.22. The highest BCUT2D eigenvalue weighted by atomic mass is 32.2. The number of amides is 2. The van der Waals surface area contributed by atoms with E-state index in [1.807, 2.05) is 0 Å². The van der Waals surface area contributed by atoms with Crippen molar-refractivity contribution >= 4 is 34.5 Å². The number of anilines is 1. The van der Waals surface area contributed by atoms with Crippen molar-refractivity contribution in [2.75, 3.05) is 49.9 Å². The molecule has 13 heteroatoms. The van der Waals surface area contributed by atoms with E-state index in [4.69, 9.17) is 14.3 Å². The molecule has 1 aromatic rings. The summed E-state index contributed by atoms with van der Waals surface area (Å²) < 4.78 is 35.7. The highest BCUT2D eigenvalue weighted by Crippen LogP contribution is 2.32. The maximum absolute atomic E-state index is 14.8. The number of hydrogen-bond donors (Lipinski definition) is 1. The van der Waals surface area contributed by atoms with Crippen LogP contribution in [0.2, 0.25) is 0 Å². The van der Waals surface area contributed by atoms with Crippen molar-refractivity contribution in [3.05, 3.63) is 29.2 Å². The molecule has 168 valence electrons. The highest BCUT2D eigenvalue weighted by Gasteiger charge is 2.35. The number of benzene rings is 1. The Hall–Kier alpha value is -2.63. The van der Waals surface area contributed by atoms with Gasteiger partial charge in [0.15, 0.2) is 22.6 Å². The smallest absolute Gasteiger partial charge is 0.414 e. The van der Waals surface area contributed by atoms with Crippen LogP contribution in [0.15, 0.2) is 18.2 Å². The number of nitriles is 1. The summed E-state index contributed by atoms with van der Waals surface area (Å²) in [5.74, 6) is -1.29. The maximum atomic E-state index is 14.8. The van der Waals surface area contributed by atoms with E-state index >= 15 is 0 Å². The number of cyclic esters (lactones) is 1. The first-order valence-electron chi connectivity index (χ1n) is 9.51. The largest absolute Gasteiger partial charge is 0.627 e. The van der Waals surface area contributed by atoms with Crippen molar-refractivity contribution in [1.29, 1.82) is 5.26 Å². The molecule has 0 saturated carbocycles. The van der Waals surface area contributed by atoms with Gasteiger partial charge in [0.05, 0.1) is 51.0 Å². The summed E-state index contributed by atoms with van der Waals surface area (Å²) in [6.45, 7) is 1.80. The number of quaternary nitrogens is 1. The first-order chi connectivity index (χ1) is 14.7. The zero-order valence-electron chi connectivity index (χ0n) is 16.8. The molecule has 2 heterocycles. The van der Waals surface area contributed by atoms with Crippen LogP contribution in [-0.4, -0.2) is 72.4 Å². The third kappa shape index (κ3) is 5.54. The van der Waals surface area contributed by atoms with Gasteiger partial charge in [-0.1, -0.05) is 0 Å². The highest BCUT2D eigenvalue weighted by molar-refractivity contribution is 7.80. The lowest BCUT2D eigenvalue weighted by molar-refractivity contribution is -0.119. The van der Waals surface area contributed by atoms with Gasteiger partial charge < -0.3 is 19.9 Å². The van der Waals surface area contributed by atoms with Gasteiger partial charge in [-0.2, -0.15) is 14.6 Å². The summed E-state index contributed by atoms with van der Waals surface area (Å²) in [5.41, 5.74) is 0.168. The zero-order chi connectivity index (χ0) is 22.6. The van der Waals surface area contributed by atoms with Gasteiger partial charge in [0.25, 0.3) is 0 Å². The molecule has 0 aromatic heterocycles. The first-order valence-corrected chi connectivity index (χ1v) is 10.8. The molecule has 31 heavy (non-hydrogen) atoms. The number of hydroxylamine groups is 4. The van der Waals surface area contributed by atoms with Crippen molar-refractivity contribution in [2.24, 2.45) is 0 Å². The van der Waals surface area contributed by atoms with E-state index in [0.717, 1.165) is 6.07 Å². The van der Waals surface area contributed by atoms with Gasteiger partial charge in [-0.05, 0) is 6.07 Å². The molecule has 1 N–H and O–H groups in total. The SMILES string of the molecule is CC(=O)NC[C@H]1CN(c2ccc([N+]3([O-])CCN(OS(=O)CC#N)CC3)c(F)c2)C(=O)O1. The fraction of sp³-hybridized carbons (Fsp3) is 0.500. The lowest BCUT2D eigenvalue weighted by atomic mass is 10.2. The molecule has 11 nitrogen and oxygen atoms in total. The van der Waals surface area contributed by atoms with Crippen molar-refractivity contribution in [3.8, 4) is 6.07 Å². The van der Waals surface area contributed by atoms with Crippen LogP contribution in [0.1, 0.15) is 6.92 Å². The van der Waals surface area contributed by atoms with Crippen LogP contribution < -0.4 is 14.9 Å². The van der Waals surface area contributed by atoms with Gasteiger partial charge in [-0.25, -0.2) is 13.4 Å². The average Bonchev–Trinajstić information content (AvgIpc) is 3.09. The Morgan fingerprint density at radius 3 is 2.81 bits per heavy atom. The number of ether oxygens (including phenoxy) is 1. The number of carbonyl (C=O) groups excluding carboxylic acids is 2.